The fraction of sp³-hybridized carbons (Fsp3) is 0.444. The second-order valence-corrected chi connectivity index (χ2v) is 7.15. The lowest BCUT2D eigenvalue weighted by Crippen LogP contribution is -2.34. The molecule has 1 aliphatic rings. The molecule has 1 aliphatic heterocycles. The van der Waals surface area contributed by atoms with Crippen molar-refractivity contribution in [3.05, 3.63) is 46.6 Å². The molecule has 1 unspecified atom stereocenters. The van der Waals surface area contributed by atoms with Crippen molar-refractivity contribution in [2.75, 3.05) is 18.5 Å². The zero-order valence-electron chi connectivity index (χ0n) is 13.9. The number of carbonyl (C=O) groups excluding carboxylic acids is 1. The van der Waals surface area contributed by atoms with E-state index in [-0.39, 0.29) is 5.91 Å². The standard InChI is InChI=1S/C18H22ClN3O2/c1-18(2,13-6-3-7-14(19)9-13)17(23)20-16-10-15(21-22-16)12-5-4-8-24-11-12/h3,6-7,9-10,12H,4-5,8,11H2,1-2H3,(H2,20,21,22,23). The molecule has 0 saturated carbocycles. The SMILES string of the molecule is CC(C)(C(=O)Nc1cc(C2CCCOC2)[nH]n1)c1cccc(Cl)c1. The van der Waals surface area contributed by atoms with Crippen LogP contribution in [-0.2, 0) is 14.9 Å². The predicted molar refractivity (Wildman–Crippen MR) is 94.5 cm³/mol. The van der Waals surface area contributed by atoms with Crippen molar-refractivity contribution in [1.29, 1.82) is 0 Å². The van der Waals surface area contributed by atoms with Gasteiger partial charge in [-0.2, -0.15) is 5.10 Å². The van der Waals surface area contributed by atoms with Crippen LogP contribution in [0.15, 0.2) is 30.3 Å². The molecule has 1 atom stereocenters. The van der Waals surface area contributed by atoms with E-state index in [1.165, 1.54) is 0 Å². The smallest absolute Gasteiger partial charge is 0.235 e. The first-order valence-electron chi connectivity index (χ1n) is 8.17. The zero-order chi connectivity index (χ0) is 17.2. The lowest BCUT2D eigenvalue weighted by molar-refractivity contribution is -0.120. The van der Waals surface area contributed by atoms with Gasteiger partial charge in [0.15, 0.2) is 5.82 Å². The van der Waals surface area contributed by atoms with Crippen LogP contribution in [0.25, 0.3) is 0 Å². The summed E-state index contributed by atoms with van der Waals surface area (Å²) in [5.41, 5.74) is 1.16. The van der Waals surface area contributed by atoms with E-state index in [0.29, 0.717) is 23.4 Å². The molecule has 1 fully saturated rings. The summed E-state index contributed by atoms with van der Waals surface area (Å²) in [5, 5.41) is 10.7. The van der Waals surface area contributed by atoms with Crippen molar-refractivity contribution in [2.45, 2.75) is 38.0 Å². The van der Waals surface area contributed by atoms with Gasteiger partial charge in [0.2, 0.25) is 5.91 Å². The minimum atomic E-state index is -0.710. The molecule has 1 aromatic carbocycles. The van der Waals surface area contributed by atoms with Crippen LogP contribution in [0.3, 0.4) is 0 Å². The Balaban J connectivity index is 1.71. The summed E-state index contributed by atoms with van der Waals surface area (Å²) in [6, 6.07) is 9.26. The van der Waals surface area contributed by atoms with Crippen LogP contribution >= 0.6 is 11.6 Å². The number of anilines is 1. The van der Waals surface area contributed by atoms with Crippen LogP contribution in [0, 0.1) is 0 Å². The number of nitrogens with zero attached hydrogens (tertiary/aromatic N) is 1. The number of rotatable bonds is 4. The Labute approximate surface area is 146 Å². The number of benzene rings is 1. The summed E-state index contributed by atoms with van der Waals surface area (Å²) in [6.45, 7) is 5.26. The number of ether oxygens (including phenoxy) is 1. The van der Waals surface area contributed by atoms with E-state index in [1.54, 1.807) is 6.07 Å². The van der Waals surface area contributed by atoms with Crippen molar-refractivity contribution < 1.29 is 9.53 Å². The van der Waals surface area contributed by atoms with Crippen LogP contribution in [0.4, 0.5) is 5.82 Å². The quantitative estimate of drug-likeness (QED) is 0.882. The lowest BCUT2D eigenvalue weighted by Gasteiger charge is -2.23. The number of nitrogens with one attached hydrogen (secondary N) is 2. The van der Waals surface area contributed by atoms with E-state index in [1.807, 2.05) is 38.1 Å². The minimum absolute atomic E-state index is 0.122. The summed E-state index contributed by atoms with van der Waals surface area (Å²) in [7, 11) is 0. The first-order valence-corrected chi connectivity index (χ1v) is 8.55. The Hall–Kier alpha value is -1.85. The third-order valence-corrected chi connectivity index (χ3v) is 4.79. The molecule has 0 bridgehead atoms. The van der Waals surface area contributed by atoms with E-state index in [4.69, 9.17) is 16.3 Å². The van der Waals surface area contributed by atoms with Gasteiger partial charge in [-0.25, -0.2) is 0 Å². The normalized spacial score (nSPS) is 18.4. The van der Waals surface area contributed by atoms with Crippen LogP contribution in [-0.4, -0.2) is 29.3 Å². The predicted octanol–water partition coefficient (Wildman–Crippen LogP) is 3.87. The van der Waals surface area contributed by atoms with Crippen LogP contribution in [0.2, 0.25) is 5.02 Å². The second kappa shape index (κ2) is 6.95. The van der Waals surface area contributed by atoms with E-state index in [0.717, 1.165) is 30.7 Å². The largest absolute Gasteiger partial charge is 0.381 e. The number of aromatic amines is 1. The van der Waals surface area contributed by atoms with E-state index >= 15 is 0 Å². The average Bonchev–Trinajstić information content (AvgIpc) is 3.04. The average molecular weight is 348 g/mol. The number of hydrogen-bond acceptors (Lipinski definition) is 3. The summed E-state index contributed by atoms with van der Waals surface area (Å²) >= 11 is 6.04. The second-order valence-electron chi connectivity index (χ2n) is 6.71. The highest BCUT2D eigenvalue weighted by molar-refractivity contribution is 6.30. The molecular formula is C18H22ClN3O2. The molecule has 2 aromatic rings. The number of amides is 1. The molecule has 3 rings (SSSR count). The van der Waals surface area contributed by atoms with Gasteiger partial charge in [-0.1, -0.05) is 23.7 Å². The summed E-state index contributed by atoms with van der Waals surface area (Å²) < 4.78 is 5.50. The fourth-order valence-electron chi connectivity index (χ4n) is 2.88. The number of aromatic nitrogens is 2. The summed E-state index contributed by atoms with van der Waals surface area (Å²) in [6.07, 6.45) is 2.12. The van der Waals surface area contributed by atoms with Gasteiger partial charge in [0.05, 0.1) is 12.0 Å². The van der Waals surface area contributed by atoms with E-state index in [9.17, 15) is 4.79 Å². The van der Waals surface area contributed by atoms with Crippen LogP contribution in [0.5, 0.6) is 0 Å². The van der Waals surface area contributed by atoms with E-state index < -0.39 is 5.41 Å². The van der Waals surface area contributed by atoms with Gasteiger partial charge in [-0.15, -0.1) is 0 Å². The van der Waals surface area contributed by atoms with Crippen LogP contribution < -0.4 is 5.32 Å². The Morgan fingerprint density at radius 1 is 1.42 bits per heavy atom. The molecular weight excluding hydrogens is 326 g/mol. The molecule has 1 aromatic heterocycles. The number of hydrogen-bond donors (Lipinski definition) is 2. The molecule has 0 aliphatic carbocycles. The third kappa shape index (κ3) is 3.62. The third-order valence-electron chi connectivity index (χ3n) is 4.55. The monoisotopic (exact) mass is 347 g/mol. The topological polar surface area (TPSA) is 67.0 Å². The van der Waals surface area contributed by atoms with Crippen molar-refractivity contribution in [3.8, 4) is 0 Å². The molecule has 6 heteroatoms. The first-order chi connectivity index (χ1) is 11.5. The van der Waals surface area contributed by atoms with Crippen molar-refractivity contribution in [1.82, 2.24) is 10.2 Å². The molecule has 1 amide bonds. The Morgan fingerprint density at radius 3 is 2.96 bits per heavy atom. The highest BCUT2D eigenvalue weighted by Crippen LogP contribution is 2.28. The van der Waals surface area contributed by atoms with Crippen molar-refractivity contribution >= 4 is 23.3 Å². The highest BCUT2D eigenvalue weighted by Gasteiger charge is 2.30. The number of halogens is 1. The maximum absolute atomic E-state index is 12.7. The molecule has 5 nitrogen and oxygen atoms in total. The Kier molecular flexibility index (Phi) is 4.92. The van der Waals surface area contributed by atoms with Crippen LogP contribution in [0.1, 0.15) is 43.9 Å². The summed E-state index contributed by atoms with van der Waals surface area (Å²) in [4.78, 5) is 12.7. The maximum atomic E-state index is 12.7. The van der Waals surface area contributed by atoms with Crippen molar-refractivity contribution in [3.63, 3.8) is 0 Å². The van der Waals surface area contributed by atoms with E-state index in [2.05, 4.69) is 15.5 Å². The number of H-pyrrole nitrogens is 1. The summed E-state index contributed by atoms with van der Waals surface area (Å²) in [5.74, 6) is 0.733. The molecule has 2 heterocycles. The zero-order valence-corrected chi connectivity index (χ0v) is 14.7. The minimum Gasteiger partial charge on any atom is -0.381 e. The highest BCUT2D eigenvalue weighted by atomic mass is 35.5. The fourth-order valence-corrected chi connectivity index (χ4v) is 3.07. The molecule has 1 saturated heterocycles. The van der Waals surface area contributed by atoms with Gasteiger partial charge < -0.3 is 10.1 Å². The molecule has 0 spiro atoms. The molecule has 2 N–H and O–H groups in total. The number of carbonyl (C=O) groups is 1. The molecule has 0 radical (unpaired) electrons. The molecule has 24 heavy (non-hydrogen) atoms. The van der Waals surface area contributed by atoms with Gasteiger partial charge in [-0.05, 0) is 44.4 Å². The van der Waals surface area contributed by atoms with Gasteiger partial charge in [0.25, 0.3) is 0 Å². The maximum Gasteiger partial charge on any atom is 0.235 e. The van der Waals surface area contributed by atoms with Gasteiger partial charge >= 0.3 is 0 Å². The van der Waals surface area contributed by atoms with Crippen molar-refractivity contribution in [2.24, 2.45) is 0 Å². The Morgan fingerprint density at radius 2 is 2.25 bits per heavy atom. The van der Waals surface area contributed by atoms with Gasteiger partial charge in [0.1, 0.15) is 0 Å². The first kappa shape index (κ1) is 17.0. The lowest BCUT2D eigenvalue weighted by atomic mass is 9.84. The van der Waals surface area contributed by atoms with Gasteiger partial charge in [0, 0.05) is 29.3 Å². The Bertz CT molecular complexity index is 721. The molecule has 128 valence electrons. The van der Waals surface area contributed by atoms with Gasteiger partial charge in [-0.3, -0.25) is 9.89 Å².